The number of aromatic nitrogens is 1. The minimum absolute atomic E-state index is 0.107. The van der Waals surface area contributed by atoms with E-state index in [9.17, 15) is 9.59 Å². The van der Waals surface area contributed by atoms with Crippen LogP contribution in [-0.4, -0.2) is 22.8 Å². The molecule has 0 radical (unpaired) electrons. The van der Waals surface area contributed by atoms with Gasteiger partial charge in [0.2, 0.25) is 5.91 Å². The molecule has 1 unspecified atom stereocenters. The standard InChI is InChI=1S/C13H16N4O2/c1-7(4-12(15)18)17-13(19)10-6-16-11-3-2-8(14)5-9(10)11/h2-3,5-7,16H,4,14H2,1H3,(H2,15,18)(H,17,19). The van der Waals surface area contributed by atoms with Gasteiger partial charge in [-0.1, -0.05) is 0 Å². The number of carbonyl (C=O) groups is 2. The summed E-state index contributed by atoms with van der Waals surface area (Å²) in [6, 6.07) is 5.00. The van der Waals surface area contributed by atoms with E-state index in [0.717, 1.165) is 10.9 Å². The summed E-state index contributed by atoms with van der Waals surface area (Å²) in [6.07, 6.45) is 1.73. The fourth-order valence-electron chi connectivity index (χ4n) is 1.98. The largest absolute Gasteiger partial charge is 0.399 e. The van der Waals surface area contributed by atoms with Gasteiger partial charge in [0.25, 0.3) is 5.91 Å². The fourth-order valence-corrected chi connectivity index (χ4v) is 1.98. The SMILES string of the molecule is CC(CC(N)=O)NC(=O)c1c[nH]c2ccc(N)cc12. The number of hydrogen-bond acceptors (Lipinski definition) is 3. The highest BCUT2D eigenvalue weighted by Crippen LogP contribution is 2.20. The minimum Gasteiger partial charge on any atom is -0.399 e. The highest BCUT2D eigenvalue weighted by atomic mass is 16.2. The highest BCUT2D eigenvalue weighted by molar-refractivity contribution is 6.07. The topological polar surface area (TPSA) is 114 Å². The van der Waals surface area contributed by atoms with Gasteiger partial charge in [0, 0.05) is 35.2 Å². The van der Waals surface area contributed by atoms with Crippen molar-refractivity contribution in [2.45, 2.75) is 19.4 Å². The van der Waals surface area contributed by atoms with Gasteiger partial charge in [-0.05, 0) is 25.1 Å². The van der Waals surface area contributed by atoms with Gasteiger partial charge >= 0.3 is 0 Å². The van der Waals surface area contributed by atoms with Crippen LogP contribution in [0.5, 0.6) is 0 Å². The van der Waals surface area contributed by atoms with Gasteiger partial charge in [-0.3, -0.25) is 9.59 Å². The van der Waals surface area contributed by atoms with Crippen molar-refractivity contribution in [2.24, 2.45) is 5.73 Å². The molecule has 0 saturated carbocycles. The number of hydrogen-bond donors (Lipinski definition) is 4. The van der Waals surface area contributed by atoms with Crippen molar-refractivity contribution < 1.29 is 9.59 Å². The van der Waals surface area contributed by atoms with Crippen molar-refractivity contribution in [2.75, 3.05) is 5.73 Å². The molecule has 1 heterocycles. The molecule has 1 aromatic carbocycles. The summed E-state index contributed by atoms with van der Waals surface area (Å²) < 4.78 is 0. The van der Waals surface area contributed by atoms with Crippen LogP contribution in [0.15, 0.2) is 24.4 Å². The van der Waals surface area contributed by atoms with E-state index in [1.807, 2.05) is 6.07 Å². The van der Waals surface area contributed by atoms with Crippen LogP contribution in [0.1, 0.15) is 23.7 Å². The number of fused-ring (bicyclic) bond motifs is 1. The van der Waals surface area contributed by atoms with Gasteiger partial charge in [0.1, 0.15) is 0 Å². The maximum Gasteiger partial charge on any atom is 0.253 e. The first-order valence-corrected chi connectivity index (χ1v) is 5.93. The van der Waals surface area contributed by atoms with E-state index in [4.69, 9.17) is 11.5 Å². The van der Waals surface area contributed by atoms with Gasteiger partial charge in [0.05, 0.1) is 5.56 Å². The molecular weight excluding hydrogens is 244 g/mol. The Hall–Kier alpha value is -2.50. The first kappa shape index (κ1) is 12.9. The number of benzene rings is 1. The van der Waals surface area contributed by atoms with Crippen LogP contribution >= 0.6 is 0 Å². The maximum atomic E-state index is 12.1. The number of nitrogen functional groups attached to an aromatic ring is 1. The van der Waals surface area contributed by atoms with E-state index < -0.39 is 5.91 Å². The van der Waals surface area contributed by atoms with E-state index in [-0.39, 0.29) is 18.4 Å². The van der Waals surface area contributed by atoms with Gasteiger partial charge in [-0.25, -0.2) is 0 Å². The van der Waals surface area contributed by atoms with Crippen molar-refractivity contribution in [3.05, 3.63) is 30.0 Å². The smallest absolute Gasteiger partial charge is 0.253 e. The van der Waals surface area contributed by atoms with E-state index in [1.165, 1.54) is 0 Å². The number of primary amides is 1. The zero-order valence-electron chi connectivity index (χ0n) is 10.6. The number of nitrogens with one attached hydrogen (secondary N) is 2. The Morgan fingerprint density at radius 1 is 1.42 bits per heavy atom. The molecule has 6 heteroatoms. The lowest BCUT2D eigenvalue weighted by atomic mass is 10.1. The Balaban J connectivity index is 2.22. The average molecular weight is 260 g/mol. The highest BCUT2D eigenvalue weighted by Gasteiger charge is 2.15. The molecule has 2 rings (SSSR count). The molecule has 2 amide bonds. The normalized spacial score (nSPS) is 12.3. The van der Waals surface area contributed by atoms with Crippen LogP contribution in [0.3, 0.4) is 0 Å². The third-order valence-corrected chi connectivity index (χ3v) is 2.84. The summed E-state index contributed by atoms with van der Waals surface area (Å²) >= 11 is 0. The van der Waals surface area contributed by atoms with Gasteiger partial charge in [-0.2, -0.15) is 0 Å². The molecule has 0 saturated heterocycles. The zero-order valence-corrected chi connectivity index (χ0v) is 10.6. The lowest BCUT2D eigenvalue weighted by Gasteiger charge is -2.11. The van der Waals surface area contributed by atoms with Crippen LogP contribution < -0.4 is 16.8 Å². The summed E-state index contributed by atoms with van der Waals surface area (Å²) in [5.41, 5.74) is 12.7. The van der Waals surface area contributed by atoms with Crippen LogP contribution in [0.25, 0.3) is 10.9 Å². The first-order chi connectivity index (χ1) is 8.97. The Morgan fingerprint density at radius 2 is 2.16 bits per heavy atom. The second kappa shape index (κ2) is 5.01. The lowest BCUT2D eigenvalue weighted by Crippen LogP contribution is -2.35. The molecule has 19 heavy (non-hydrogen) atoms. The van der Waals surface area contributed by atoms with Crippen LogP contribution in [-0.2, 0) is 4.79 Å². The monoisotopic (exact) mass is 260 g/mol. The summed E-state index contributed by atoms with van der Waals surface area (Å²) in [4.78, 5) is 25.9. The van der Waals surface area contributed by atoms with Crippen LogP contribution in [0.2, 0.25) is 0 Å². The Bertz CT molecular complexity index is 633. The van der Waals surface area contributed by atoms with E-state index >= 15 is 0 Å². The molecule has 100 valence electrons. The Morgan fingerprint density at radius 3 is 2.84 bits per heavy atom. The van der Waals surface area contributed by atoms with Crippen molar-refractivity contribution >= 4 is 28.4 Å². The number of carbonyl (C=O) groups excluding carboxylic acids is 2. The second-order valence-electron chi connectivity index (χ2n) is 4.55. The quantitative estimate of drug-likeness (QED) is 0.608. The van der Waals surface area contributed by atoms with Crippen molar-refractivity contribution in [1.29, 1.82) is 0 Å². The molecule has 6 nitrogen and oxygen atoms in total. The van der Waals surface area contributed by atoms with Crippen molar-refractivity contribution in [3.8, 4) is 0 Å². The molecule has 0 aliphatic heterocycles. The lowest BCUT2D eigenvalue weighted by molar-refractivity contribution is -0.118. The molecule has 0 fully saturated rings. The number of anilines is 1. The minimum atomic E-state index is -0.448. The van der Waals surface area contributed by atoms with E-state index in [1.54, 1.807) is 25.3 Å². The number of nitrogens with two attached hydrogens (primary N) is 2. The molecule has 1 atom stereocenters. The average Bonchev–Trinajstić information content (AvgIpc) is 2.70. The Kier molecular flexibility index (Phi) is 3.41. The molecule has 1 aromatic heterocycles. The third-order valence-electron chi connectivity index (χ3n) is 2.84. The molecular formula is C13H16N4O2. The van der Waals surface area contributed by atoms with Gasteiger partial charge in [0.15, 0.2) is 0 Å². The predicted octanol–water partition coefficient (Wildman–Crippen LogP) is 0.744. The molecule has 0 spiro atoms. The van der Waals surface area contributed by atoms with Gasteiger partial charge in [-0.15, -0.1) is 0 Å². The fraction of sp³-hybridized carbons (Fsp3) is 0.231. The van der Waals surface area contributed by atoms with Crippen molar-refractivity contribution in [1.82, 2.24) is 10.3 Å². The number of aromatic amines is 1. The molecule has 2 aromatic rings. The van der Waals surface area contributed by atoms with Crippen LogP contribution in [0, 0.1) is 0 Å². The summed E-state index contributed by atoms with van der Waals surface area (Å²) in [5.74, 6) is -0.707. The molecule has 0 aliphatic carbocycles. The van der Waals surface area contributed by atoms with E-state index in [2.05, 4.69) is 10.3 Å². The first-order valence-electron chi connectivity index (χ1n) is 5.93. The third kappa shape index (κ3) is 2.85. The molecule has 0 bridgehead atoms. The summed E-state index contributed by atoms with van der Waals surface area (Å²) in [5, 5.41) is 3.48. The number of H-pyrrole nitrogens is 1. The summed E-state index contributed by atoms with van der Waals surface area (Å²) in [7, 11) is 0. The Labute approximate surface area is 110 Å². The van der Waals surface area contributed by atoms with Crippen molar-refractivity contribution in [3.63, 3.8) is 0 Å². The maximum absolute atomic E-state index is 12.1. The molecule has 6 N–H and O–H groups in total. The van der Waals surface area contributed by atoms with Gasteiger partial charge < -0.3 is 21.8 Å². The second-order valence-corrected chi connectivity index (χ2v) is 4.55. The van der Waals surface area contributed by atoms with E-state index in [0.29, 0.717) is 11.3 Å². The zero-order chi connectivity index (χ0) is 14.0. The number of rotatable bonds is 4. The summed E-state index contributed by atoms with van der Waals surface area (Å²) in [6.45, 7) is 1.73. The van der Waals surface area contributed by atoms with Crippen LogP contribution in [0.4, 0.5) is 5.69 Å². The predicted molar refractivity (Wildman–Crippen MR) is 73.5 cm³/mol. The number of amides is 2. The molecule has 0 aliphatic rings.